The number of carbonyl (C=O) groups excluding carboxylic acids is 3. The second-order valence-electron chi connectivity index (χ2n) is 5.01. The van der Waals surface area contributed by atoms with E-state index in [-0.39, 0.29) is 23.3 Å². The van der Waals surface area contributed by atoms with E-state index in [1.54, 1.807) is 25.1 Å². The van der Waals surface area contributed by atoms with E-state index in [1.165, 1.54) is 13.3 Å². The molecule has 148 valence electrons. The molecule has 1 N–H and O–H groups in total. The van der Waals surface area contributed by atoms with Gasteiger partial charge in [-0.25, -0.2) is 9.59 Å². The van der Waals surface area contributed by atoms with Crippen molar-refractivity contribution in [1.82, 2.24) is 5.32 Å². The minimum Gasteiger partial charge on any atom is -0.481 e. The van der Waals surface area contributed by atoms with Gasteiger partial charge >= 0.3 is 11.9 Å². The molecule has 1 aliphatic heterocycles. The highest BCUT2D eigenvalue weighted by Gasteiger charge is 2.25. The molecule has 0 aromatic heterocycles. The number of halogens is 1. The molecule has 0 aliphatic carbocycles. The molecule has 9 nitrogen and oxygen atoms in total. The second kappa shape index (κ2) is 10.6. The molecule has 1 aromatic carbocycles. The molecule has 28 heavy (non-hydrogen) atoms. The van der Waals surface area contributed by atoms with Crippen molar-refractivity contribution in [3.63, 3.8) is 0 Å². The Morgan fingerprint density at radius 3 is 2.86 bits per heavy atom. The van der Waals surface area contributed by atoms with Crippen LogP contribution in [0.4, 0.5) is 0 Å². The van der Waals surface area contributed by atoms with Crippen LogP contribution in [0.1, 0.15) is 12.5 Å². The summed E-state index contributed by atoms with van der Waals surface area (Å²) < 4.78 is 15.5. The SMILES string of the molecule is CCOC(=O)COc1ccc(Br)cc1C=N/N=C1/NC(=O)/C(=C\C(=O)OC)S1. The van der Waals surface area contributed by atoms with Gasteiger partial charge < -0.3 is 14.2 Å². The van der Waals surface area contributed by atoms with Gasteiger partial charge in [-0.3, -0.25) is 10.1 Å². The normalized spacial score (nSPS) is 16.5. The van der Waals surface area contributed by atoms with Crippen LogP contribution in [0.15, 0.2) is 43.9 Å². The highest BCUT2D eigenvalue weighted by atomic mass is 79.9. The van der Waals surface area contributed by atoms with E-state index < -0.39 is 17.8 Å². The first-order chi connectivity index (χ1) is 13.4. The second-order valence-corrected chi connectivity index (χ2v) is 6.96. The van der Waals surface area contributed by atoms with Gasteiger partial charge in [-0.1, -0.05) is 15.9 Å². The molecular formula is C17H16BrN3O6S. The molecular weight excluding hydrogens is 454 g/mol. The number of amides is 1. The number of nitrogens with zero attached hydrogens (tertiary/aromatic N) is 2. The molecule has 1 amide bonds. The Balaban J connectivity index is 2.09. The van der Waals surface area contributed by atoms with Crippen molar-refractivity contribution in [1.29, 1.82) is 0 Å². The van der Waals surface area contributed by atoms with Gasteiger partial charge in [0.2, 0.25) is 0 Å². The summed E-state index contributed by atoms with van der Waals surface area (Å²) in [7, 11) is 1.22. The number of methoxy groups -OCH3 is 1. The zero-order valence-corrected chi connectivity index (χ0v) is 17.3. The molecule has 1 aliphatic rings. The third kappa shape index (κ3) is 6.50. The molecule has 2 rings (SSSR count). The van der Waals surface area contributed by atoms with Crippen molar-refractivity contribution < 1.29 is 28.6 Å². The van der Waals surface area contributed by atoms with Gasteiger partial charge in [0.15, 0.2) is 11.8 Å². The Kier molecular flexibility index (Phi) is 8.20. The highest BCUT2D eigenvalue weighted by Crippen LogP contribution is 2.24. The lowest BCUT2D eigenvalue weighted by Crippen LogP contribution is -2.19. The van der Waals surface area contributed by atoms with Crippen LogP contribution in [0.2, 0.25) is 0 Å². The van der Waals surface area contributed by atoms with Crippen LogP contribution in [-0.2, 0) is 23.9 Å². The summed E-state index contributed by atoms with van der Waals surface area (Å²) in [6.45, 7) is 1.74. The summed E-state index contributed by atoms with van der Waals surface area (Å²) in [6, 6.07) is 5.15. The van der Waals surface area contributed by atoms with Crippen molar-refractivity contribution in [3.8, 4) is 5.75 Å². The predicted molar refractivity (Wildman–Crippen MR) is 107 cm³/mol. The van der Waals surface area contributed by atoms with Gasteiger partial charge in [-0.15, -0.1) is 5.10 Å². The summed E-state index contributed by atoms with van der Waals surface area (Å²) in [5.41, 5.74) is 0.558. The maximum absolute atomic E-state index is 11.8. The van der Waals surface area contributed by atoms with Crippen LogP contribution < -0.4 is 10.1 Å². The van der Waals surface area contributed by atoms with Gasteiger partial charge in [-0.05, 0) is 36.9 Å². The topological polar surface area (TPSA) is 116 Å². The average molecular weight is 470 g/mol. The largest absolute Gasteiger partial charge is 0.481 e. The molecule has 11 heteroatoms. The fourth-order valence-electron chi connectivity index (χ4n) is 1.88. The fourth-order valence-corrected chi connectivity index (χ4v) is 2.99. The first kappa shape index (κ1) is 21.6. The number of rotatable bonds is 7. The number of hydrogen-bond acceptors (Lipinski definition) is 9. The Morgan fingerprint density at radius 2 is 2.14 bits per heavy atom. The highest BCUT2D eigenvalue weighted by molar-refractivity contribution is 9.10. The van der Waals surface area contributed by atoms with E-state index in [2.05, 4.69) is 36.2 Å². The van der Waals surface area contributed by atoms with Crippen LogP contribution >= 0.6 is 27.7 Å². The van der Waals surface area contributed by atoms with Gasteiger partial charge in [-0.2, -0.15) is 5.10 Å². The van der Waals surface area contributed by atoms with Crippen LogP contribution in [0, 0.1) is 0 Å². The summed E-state index contributed by atoms with van der Waals surface area (Å²) in [6.07, 6.45) is 2.48. The minimum atomic E-state index is -0.639. The smallest absolute Gasteiger partial charge is 0.344 e. The average Bonchev–Trinajstić information content (AvgIpc) is 3.00. The van der Waals surface area contributed by atoms with E-state index in [0.717, 1.165) is 22.3 Å². The maximum Gasteiger partial charge on any atom is 0.344 e. The third-order valence-electron chi connectivity index (χ3n) is 3.07. The zero-order valence-electron chi connectivity index (χ0n) is 14.9. The van der Waals surface area contributed by atoms with Crippen LogP contribution in [0.25, 0.3) is 0 Å². The first-order valence-corrected chi connectivity index (χ1v) is 9.51. The van der Waals surface area contributed by atoms with Crippen molar-refractivity contribution >= 4 is 56.9 Å². The molecule has 1 heterocycles. The number of amidine groups is 1. The predicted octanol–water partition coefficient (Wildman–Crippen LogP) is 2.00. The van der Waals surface area contributed by atoms with Crippen LogP contribution in [-0.4, -0.2) is 49.6 Å². The standard InChI is InChI=1S/C17H16BrN3O6S/c1-3-26-15(23)9-27-12-5-4-11(18)6-10(12)8-19-21-17-20-16(24)13(28-17)7-14(22)25-2/h4-8H,3,9H2,1-2H3,(H,20,21,24)/b13-7+,19-8?. The Labute approximate surface area is 173 Å². The van der Waals surface area contributed by atoms with E-state index in [9.17, 15) is 14.4 Å². The third-order valence-corrected chi connectivity index (χ3v) is 4.46. The lowest BCUT2D eigenvalue weighted by atomic mass is 10.2. The number of thioether (sulfide) groups is 1. The zero-order chi connectivity index (χ0) is 20.5. The molecule has 0 atom stereocenters. The van der Waals surface area contributed by atoms with E-state index >= 15 is 0 Å². The number of nitrogens with one attached hydrogen (secondary N) is 1. The van der Waals surface area contributed by atoms with Crippen molar-refractivity contribution in [2.75, 3.05) is 20.3 Å². The molecule has 1 fully saturated rings. The quantitative estimate of drug-likeness (QED) is 0.281. The van der Waals surface area contributed by atoms with Crippen molar-refractivity contribution in [2.45, 2.75) is 6.92 Å². The summed E-state index contributed by atoms with van der Waals surface area (Å²) in [5, 5.41) is 10.5. The fraction of sp³-hybridized carbons (Fsp3) is 0.235. The monoisotopic (exact) mass is 469 g/mol. The number of hydrogen-bond donors (Lipinski definition) is 1. The van der Waals surface area contributed by atoms with Crippen molar-refractivity contribution in [2.24, 2.45) is 10.2 Å². The summed E-state index contributed by atoms with van der Waals surface area (Å²) in [5.74, 6) is -1.18. The first-order valence-electron chi connectivity index (χ1n) is 7.90. The summed E-state index contributed by atoms with van der Waals surface area (Å²) in [4.78, 5) is 34.6. The van der Waals surface area contributed by atoms with E-state index in [4.69, 9.17) is 9.47 Å². The number of ether oxygens (including phenoxy) is 3. The van der Waals surface area contributed by atoms with E-state index in [1.807, 2.05) is 0 Å². The molecule has 1 aromatic rings. The minimum absolute atomic E-state index is 0.154. The van der Waals surface area contributed by atoms with Gasteiger partial charge in [0.1, 0.15) is 5.75 Å². The Bertz CT molecular complexity index is 868. The lowest BCUT2D eigenvalue weighted by molar-refractivity contribution is -0.145. The van der Waals surface area contributed by atoms with E-state index in [0.29, 0.717) is 11.3 Å². The number of esters is 2. The molecule has 0 spiro atoms. The molecule has 0 saturated carbocycles. The summed E-state index contributed by atoms with van der Waals surface area (Å²) >= 11 is 4.31. The molecule has 1 saturated heterocycles. The number of carbonyl (C=O) groups is 3. The van der Waals surface area contributed by atoms with Gasteiger partial charge in [0.25, 0.3) is 5.91 Å². The van der Waals surface area contributed by atoms with Crippen molar-refractivity contribution in [3.05, 3.63) is 39.2 Å². The number of benzene rings is 1. The van der Waals surface area contributed by atoms with Crippen LogP contribution in [0.3, 0.4) is 0 Å². The molecule has 0 radical (unpaired) electrons. The van der Waals surface area contributed by atoms with Gasteiger partial charge in [0, 0.05) is 16.1 Å². The Morgan fingerprint density at radius 1 is 1.36 bits per heavy atom. The Hall–Kier alpha value is -2.66. The molecule has 0 bridgehead atoms. The van der Waals surface area contributed by atoms with Gasteiger partial charge in [0.05, 0.1) is 24.8 Å². The molecule has 0 unspecified atom stereocenters. The maximum atomic E-state index is 11.8. The lowest BCUT2D eigenvalue weighted by Gasteiger charge is -2.08. The van der Waals surface area contributed by atoms with Crippen LogP contribution in [0.5, 0.6) is 5.75 Å².